The van der Waals surface area contributed by atoms with Crippen LogP contribution >= 0.6 is 0 Å². The predicted octanol–water partition coefficient (Wildman–Crippen LogP) is 4.21. The smallest absolute Gasteiger partial charge is 0.123 e. The van der Waals surface area contributed by atoms with Crippen LogP contribution in [0.5, 0.6) is 0 Å². The number of anilines is 1. The van der Waals surface area contributed by atoms with Gasteiger partial charge >= 0.3 is 0 Å². The second-order valence-corrected chi connectivity index (χ2v) is 6.87. The molecule has 1 aromatic heterocycles. The highest BCUT2D eigenvalue weighted by molar-refractivity contribution is 5.81. The Morgan fingerprint density at radius 2 is 1.76 bits per heavy atom. The van der Waals surface area contributed by atoms with Gasteiger partial charge in [-0.25, -0.2) is 4.39 Å². The highest BCUT2D eigenvalue weighted by Crippen LogP contribution is 2.24. The number of aromatic amines is 1. The Morgan fingerprint density at radius 1 is 1.00 bits per heavy atom. The van der Waals surface area contributed by atoms with Crippen LogP contribution in [0.4, 0.5) is 10.1 Å². The number of hydrogen-bond acceptors (Lipinski definition) is 3. The summed E-state index contributed by atoms with van der Waals surface area (Å²) < 4.78 is 12.9. The highest BCUT2D eigenvalue weighted by Gasteiger charge is 2.20. The Hall–Kier alpha value is -2.40. The number of nitrogens with zero attached hydrogens (tertiary/aromatic N) is 1. The van der Waals surface area contributed by atoms with E-state index < -0.39 is 0 Å². The van der Waals surface area contributed by atoms with Gasteiger partial charge in [-0.1, -0.05) is 12.1 Å². The van der Waals surface area contributed by atoms with Crippen molar-refractivity contribution in [3.8, 4) is 0 Å². The van der Waals surface area contributed by atoms with Crippen molar-refractivity contribution in [2.24, 2.45) is 0 Å². The number of rotatable bonds is 5. The maximum atomic E-state index is 12.9. The molecule has 4 rings (SSSR count). The van der Waals surface area contributed by atoms with Crippen LogP contribution in [0.15, 0.2) is 48.7 Å². The Bertz CT molecular complexity index is 819. The molecule has 2 aromatic carbocycles. The zero-order valence-corrected chi connectivity index (χ0v) is 14.1. The minimum absolute atomic E-state index is 0.177. The summed E-state index contributed by atoms with van der Waals surface area (Å²) >= 11 is 0. The van der Waals surface area contributed by atoms with E-state index in [1.807, 2.05) is 18.3 Å². The van der Waals surface area contributed by atoms with Gasteiger partial charge in [0.25, 0.3) is 0 Å². The van der Waals surface area contributed by atoms with E-state index in [9.17, 15) is 4.39 Å². The van der Waals surface area contributed by atoms with Crippen LogP contribution in [-0.4, -0.2) is 22.3 Å². The first-order valence-corrected chi connectivity index (χ1v) is 8.94. The van der Waals surface area contributed by atoms with E-state index in [4.69, 9.17) is 0 Å². The van der Waals surface area contributed by atoms with Crippen molar-refractivity contribution >= 4 is 16.6 Å². The summed E-state index contributed by atoms with van der Waals surface area (Å²) in [6, 6.07) is 14.1. The van der Waals surface area contributed by atoms with Crippen LogP contribution in [0.3, 0.4) is 0 Å². The summed E-state index contributed by atoms with van der Waals surface area (Å²) in [7, 11) is 0. The lowest BCUT2D eigenvalue weighted by atomic mass is 9.91. The second-order valence-electron chi connectivity index (χ2n) is 6.87. The third-order valence-electron chi connectivity index (χ3n) is 5.05. The van der Waals surface area contributed by atoms with Gasteiger partial charge in [-0.3, -0.25) is 5.10 Å². The number of hydrogen-bond donors (Lipinski definition) is 3. The average Bonchev–Trinajstić information content (AvgIpc) is 3.10. The van der Waals surface area contributed by atoms with Crippen LogP contribution in [0.2, 0.25) is 0 Å². The van der Waals surface area contributed by atoms with E-state index in [1.165, 1.54) is 12.1 Å². The van der Waals surface area contributed by atoms with Crippen molar-refractivity contribution in [3.05, 3.63) is 60.0 Å². The van der Waals surface area contributed by atoms with Crippen molar-refractivity contribution in [2.75, 3.05) is 5.32 Å². The van der Waals surface area contributed by atoms with Gasteiger partial charge in [0.2, 0.25) is 0 Å². The minimum atomic E-state index is -0.177. The van der Waals surface area contributed by atoms with E-state index in [0.717, 1.165) is 54.4 Å². The molecule has 4 nitrogen and oxygen atoms in total. The lowest BCUT2D eigenvalue weighted by Gasteiger charge is -2.30. The summed E-state index contributed by atoms with van der Waals surface area (Å²) in [5, 5.41) is 15.4. The number of benzene rings is 2. The maximum Gasteiger partial charge on any atom is 0.123 e. The summed E-state index contributed by atoms with van der Waals surface area (Å²) in [4.78, 5) is 0. The fourth-order valence-corrected chi connectivity index (χ4v) is 3.57. The van der Waals surface area contributed by atoms with Gasteiger partial charge in [0.05, 0.1) is 11.7 Å². The number of fused-ring (bicyclic) bond motifs is 1. The third kappa shape index (κ3) is 3.99. The molecule has 0 amide bonds. The summed E-state index contributed by atoms with van der Waals surface area (Å²) in [6.07, 6.45) is 6.49. The Labute approximate surface area is 146 Å². The molecule has 0 unspecified atom stereocenters. The molecule has 0 spiro atoms. The lowest BCUT2D eigenvalue weighted by Crippen LogP contribution is -2.36. The normalized spacial score (nSPS) is 20.7. The van der Waals surface area contributed by atoms with Crippen molar-refractivity contribution in [3.63, 3.8) is 0 Å². The quantitative estimate of drug-likeness (QED) is 0.653. The molecule has 0 saturated heterocycles. The number of aromatic nitrogens is 2. The molecule has 0 radical (unpaired) electrons. The zero-order valence-electron chi connectivity index (χ0n) is 14.1. The highest BCUT2D eigenvalue weighted by atomic mass is 19.1. The average molecular weight is 338 g/mol. The molecular weight excluding hydrogens is 315 g/mol. The molecule has 1 fully saturated rings. The first-order chi connectivity index (χ1) is 12.3. The molecule has 130 valence electrons. The summed E-state index contributed by atoms with van der Waals surface area (Å²) in [6.45, 7) is 0.806. The summed E-state index contributed by atoms with van der Waals surface area (Å²) in [5.74, 6) is -0.177. The van der Waals surface area contributed by atoms with Gasteiger partial charge in [-0.2, -0.15) is 5.10 Å². The van der Waals surface area contributed by atoms with E-state index >= 15 is 0 Å². The maximum absolute atomic E-state index is 12.9. The van der Waals surface area contributed by atoms with Crippen molar-refractivity contribution in [1.82, 2.24) is 15.5 Å². The van der Waals surface area contributed by atoms with Crippen LogP contribution in [-0.2, 0) is 6.54 Å². The van der Waals surface area contributed by atoms with Gasteiger partial charge < -0.3 is 10.6 Å². The van der Waals surface area contributed by atoms with Gasteiger partial charge in [0.15, 0.2) is 0 Å². The number of halogens is 1. The number of H-pyrrole nitrogens is 1. The lowest BCUT2D eigenvalue weighted by molar-refractivity contribution is 0.353. The topological polar surface area (TPSA) is 52.7 Å². The molecule has 25 heavy (non-hydrogen) atoms. The predicted molar refractivity (Wildman–Crippen MR) is 99.0 cm³/mol. The fourth-order valence-electron chi connectivity index (χ4n) is 3.57. The van der Waals surface area contributed by atoms with Crippen LogP contribution < -0.4 is 10.6 Å². The molecule has 5 heteroatoms. The molecule has 1 saturated carbocycles. The standard InChI is InChI=1S/C20H23FN4/c21-16-3-1-14(2-4-16)12-22-17-5-7-18(8-6-17)24-19-9-10-20-15(11-19)13-23-25-20/h1-4,9-11,13,17-18,22,24H,5-8,12H2,(H,23,25)/t17-,18+. The Kier molecular flexibility index (Phi) is 4.65. The van der Waals surface area contributed by atoms with E-state index in [-0.39, 0.29) is 5.82 Å². The monoisotopic (exact) mass is 338 g/mol. The summed E-state index contributed by atoms with van der Waals surface area (Å²) in [5.41, 5.74) is 3.37. The second kappa shape index (κ2) is 7.23. The fraction of sp³-hybridized carbons (Fsp3) is 0.350. The Balaban J connectivity index is 1.25. The molecule has 1 aliphatic carbocycles. The molecule has 1 aliphatic rings. The molecule has 3 aromatic rings. The first kappa shape index (κ1) is 16.1. The number of nitrogens with one attached hydrogen (secondary N) is 3. The van der Waals surface area contributed by atoms with Crippen LogP contribution in [0, 0.1) is 5.82 Å². The molecule has 0 aliphatic heterocycles. The SMILES string of the molecule is Fc1ccc(CN[C@H]2CC[C@@H](Nc3ccc4[nH]ncc4c3)CC2)cc1. The first-order valence-electron chi connectivity index (χ1n) is 8.94. The third-order valence-corrected chi connectivity index (χ3v) is 5.05. The van der Waals surface area contributed by atoms with E-state index in [2.05, 4.69) is 39.0 Å². The van der Waals surface area contributed by atoms with Crippen LogP contribution in [0.1, 0.15) is 31.2 Å². The minimum Gasteiger partial charge on any atom is -0.382 e. The van der Waals surface area contributed by atoms with Gasteiger partial charge in [0, 0.05) is 29.7 Å². The molecule has 1 heterocycles. The van der Waals surface area contributed by atoms with Crippen LogP contribution in [0.25, 0.3) is 10.9 Å². The van der Waals surface area contributed by atoms with E-state index in [0.29, 0.717) is 12.1 Å². The molecule has 0 bridgehead atoms. The molecule has 3 N–H and O–H groups in total. The molecule has 0 atom stereocenters. The Morgan fingerprint density at radius 3 is 2.56 bits per heavy atom. The van der Waals surface area contributed by atoms with Gasteiger partial charge in [0.1, 0.15) is 5.82 Å². The molecular formula is C20H23FN4. The largest absolute Gasteiger partial charge is 0.382 e. The van der Waals surface area contributed by atoms with Crippen molar-refractivity contribution in [2.45, 2.75) is 44.3 Å². The van der Waals surface area contributed by atoms with Crippen molar-refractivity contribution < 1.29 is 4.39 Å². The van der Waals surface area contributed by atoms with Gasteiger partial charge in [-0.15, -0.1) is 0 Å². The van der Waals surface area contributed by atoms with Gasteiger partial charge in [-0.05, 0) is 61.6 Å². The van der Waals surface area contributed by atoms with Crippen molar-refractivity contribution in [1.29, 1.82) is 0 Å². The van der Waals surface area contributed by atoms with E-state index in [1.54, 1.807) is 0 Å². The zero-order chi connectivity index (χ0) is 17.1.